The summed E-state index contributed by atoms with van der Waals surface area (Å²) >= 11 is 1.80. The van der Waals surface area contributed by atoms with Gasteiger partial charge >= 0.3 is 0 Å². The van der Waals surface area contributed by atoms with E-state index in [9.17, 15) is 4.79 Å². The number of thiophene rings is 1. The molecule has 4 heteroatoms. The van der Waals surface area contributed by atoms with Crippen molar-refractivity contribution in [3.8, 4) is 0 Å². The topological polar surface area (TPSA) is 33.5 Å². The Hall–Kier alpha value is -2.07. The number of amides is 1. The van der Waals surface area contributed by atoms with Crippen molar-refractivity contribution in [2.75, 3.05) is 6.54 Å². The molecule has 0 spiro atoms. The smallest absolute Gasteiger partial charge is 0.290 e. The van der Waals surface area contributed by atoms with E-state index in [0.29, 0.717) is 5.76 Å². The second-order valence-electron chi connectivity index (χ2n) is 5.62. The largest absolute Gasteiger partial charge is 0.451 e. The quantitative estimate of drug-likeness (QED) is 0.690. The molecule has 4 rings (SSSR count). The van der Waals surface area contributed by atoms with Gasteiger partial charge in [-0.3, -0.25) is 4.79 Å². The molecular formula is C18H17NO2S. The van der Waals surface area contributed by atoms with E-state index in [1.54, 1.807) is 11.3 Å². The molecule has 1 aliphatic heterocycles. The minimum absolute atomic E-state index is 0.0000926. The number of fused-ring (bicyclic) bond motifs is 2. The molecule has 1 unspecified atom stereocenters. The Balaban J connectivity index is 1.70. The molecule has 112 valence electrons. The van der Waals surface area contributed by atoms with Gasteiger partial charge in [-0.2, -0.15) is 0 Å². The number of para-hydroxylation sites is 1. The van der Waals surface area contributed by atoms with Crippen molar-refractivity contribution >= 4 is 28.2 Å². The fourth-order valence-corrected chi connectivity index (χ4v) is 4.24. The van der Waals surface area contributed by atoms with E-state index in [0.717, 1.165) is 30.4 Å². The number of hydrogen-bond acceptors (Lipinski definition) is 3. The molecule has 1 aromatic carbocycles. The number of rotatable bonds is 2. The Bertz CT molecular complexity index is 799. The summed E-state index contributed by atoms with van der Waals surface area (Å²) in [5.41, 5.74) is 2.08. The van der Waals surface area contributed by atoms with Crippen molar-refractivity contribution in [2.24, 2.45) is 0 Å². The van der Waals surface area contributed by atoms with E-state index in [1.165, 1.54) is 10.4 Å². The van der Waals surface area contributed by atoms with E-state index in [4.69, 9.17) is 4.42 Å². The van der Waals surface area contributed by atoms with Gasteiger partial charge in [0.25, 0.3) is 5.91 Å². The van der Waals surface area contributed by atoms with Crippen LogP contribution in [0.1, 0.15) is 40.4 Å². The molecule has 2 aromatic heterocycles. The molecule has 3 heterocycles. The van der Waals surface area contributed by atoms with Gasteiger partial charge in [0.1, 0.15) is 5.58 Å². The van der Waals surface area contributed by atoms with Crippen molar-refractivity contribution in [3.63, 3.8) is 0 Å². The second kappa shape index (κ2) is 5.29. The van der Waals surface area contributed by atoms with Crippen molar-refractivity contribution in [1.82, 2.24) is 4.90 Å². The Kier molecular flexibility index (Phi) is 3.26. The van der Waals surface area contributed by atoms with E-state index >= 15 is 0 Å². The second-order valence-corrected chi connectivity index (χ2v) is 6.62. The Morgan fingerprint density at radius 3 is 3.05 bits per heavy atom. The monoisotopic (exact) mass is 311 g/mol. The Morgan fingerprint density at radius 1 is 1.36 bits per heavy atom. The number of nitrogens with zero attached hydrogens (tertiary/aromatic N) is 1. The predicted molar refractivity (Wildman–Crippen MR) is 88.3 cm³/mol. The van der Waals surface area contributed by atoms with E-state index in [-0.39, 0.29) is 11.9 Å². The van der Waals surface area contributed by atoms with Gasteiger partial charge in [0.2, 0.25) is 0 Å². The van der Waals surface area contributed by atoms with Crippen LogP contribution in [-0.4, -0.2) is 17.4 Å². The summed E-state index contributed by atoms with van der Waals surface area (Å²) in [7, 11) is 0. The average Bonchev–Trinajstić information content (AvgIpc) is 3.19. The highest BCUT2D eigenvalue weighted by molar-refractivity contribution is 7.10. The Labute approximate surface area is 133 Å². The maximum absolute atomic E-state index is 12.9. The standard InChI is InChI=1S/C18H17NO2S/c1-2-14-13-8-10-22-17(13)7-9-19(14)18(20)16-11-12-5-3-4-6-15(12)21-16/h3-6,8,10-11,14H,2,7,9H2,1H3. The molecule has 22 heavy (non-hydrogen) atoms. The Morgan fingerprint density at radius 2 is 2.23 bits per heavy atom. The van der Waals surface area contributed by atoms with Gasteiger partial charge in [-0.15, -0.1) is 11.3 Å². The van der Waals surface area contributed by atoms with Crippen molar-refractivity contribution in [1.29, 1.82) is 0 Å². The molecule has 0 bridgehead atoms. The minimum atomic E-state index is -0.0000926. The van der Waals surface area contributed by atoms with Crippen molar-refractivity contribution < 1.29 is 9.21 Å². The van der Waals surface area contributed by atoms with Crippen molar-refractivity contribution in [3.05, 3.63) is 58.0 Å². The molecule has 3 aromatic rings. The van der Waals surface area contributed by atoms with Crippen LogP contribution in [0.15, 0.2) is 46.2 Å². The third-order valence-corrected chi connectivity index (χ3v) is 5.38. The first-order valence-corrected chi connectivity index (χ1v) is 8.51. The molecule has 0 saturated heterocycles. The number of benzene rings is 1. The lowest BCUT2D eigenvalue weighted by Crippen LogP contribution is -2.39. The first-order chi connectivity index (χ1) is 10.8. The van der Waals surface area contributed by atoms with Gasteiger partial charge in [0.05, 0.1) is 6.04 Å². The van der Waals surface area contributed by atoms with Gasteiger partial charge < -0.3 is 9.32 Å². The first-order valence-electron chi connectivity index (χ1n) is 7.63. The molecule has 1 aliphatic rings. The molecule has 0 fully saturated rings. The van der Waals surface area contributed by atoms with E-state index in [1.807, 2.05) is 35.2 Å². The summed E-state index contributed by atoms with van der Waals surface area (Å²) in [4.78, 5) is 16.3. The number of furan rings is 1. The highest BCUT2D eigenvalue weighted by Crippen LogP contribution is 2.36. The van der Waals surface area contributed by atoms with Crippen LogP contribution >= 0.6 is 11.3 Å². The highest BCUT2D eigenvalue weighted by Gasteiger charge is 2.32. The molecule has 0 N–H and O–H groups in total. The van der Waals surface area contributed by atoms with Gasteiger partial charge in [-0.05, 0) is 42.0 Å². The van der Waals surface area contributed by atoms with Crippen LogP contribution in [0.5, 0.6) is 0 Å². The van der Waals surface area contributed by atoms with Crippen LogP contribution < -0.4 is 0 Å². The van der Waals surface area contributed by atoms with Crippen molar-refractivity contribution in [2.45, 2.75) is 25.8 Å². The fraction of sp³-hybridized carbons (Fsp3) is 0.278. The third-order valence-electron chi connectivity index (χ3n) is 4.38. The van der Waals surface area contributed by atoms with Gasteiger partial charge in [0.15, 0.2) is 5.76 Å². The summed E-state index contributed by atoms with van der Waals surface area (Å²) < 4.78 is 5.76. The van der Waals surface area contributed by atoms with Crippen LogP contribution in [0.2, 0.25) is 0 Å². The number of carbonyl (C=O) groups is 1. The molecular weight excluding hydrogens is 294 g/mol. The minimum Gasteiger partial charge on any atom is -0.451 e. The number of hydrogen-bond donors (Lipinski definition) is 0. The lowest BCUT2D eigenvalue weighted by Gasteiger charge is -2.34. The average molecular weight is 311 g/mol. The maximum atomic E-state index is 12.9. The summed E-state index contributed by atoms with van der Waals surface area (Å²) in [5, 5.41) is 3.11. The molecule has 0 saturated carbocycles. The summed E-state index contributed by atoms with van der Waals surface area (Å²) in [6.07, 6.45) is 1.87. The molecule has 0 aliphatic carbocycles. The lowest BCUT2D eigenvalue weighted by atomic mass is 9.97. The van der Waals surface area contributed by atoms with E-state index < -0.39 is 0 Å². The number of carbonyl (C=O) groups excluding carboxylic acids is 1. The SMILES string of the molecule is CCC1c2ccsc2CCN1C(=O)c1cc2ccccc2o1. The normalized spacial score (nSPS) is 17.7. The lowest BCUT2D eigenvalue weighted by molar-refractivity contribution is 0.0627. The van der Waals surface area contributed by atoms with Gasteiger partial charge in [0, 0.05) is 16.8 Å². The van der Waals surface area contributed by atoms with Gasteiger partial charge in [-0.25, -0.2) is 0 Å². The van der Waals surface area contributed by atoms with Crippen LogP contribution in [-0.2, 0) is 6.42 Å². The maximum Gasteiger partial charge on any atom is 0.290 e. The zero-order chi connectivity index (χ0) is 15.1. The zero-order valence-corrected chi connectivity index (χ0v) is 13.2. The molecule has 0 radical (unpaired) electrons. The van der Waals surface area contributed by atoms with Crippen LogP contribution in [0, 0.1) is 0 Å². The molecule has 3 nitrogen and oxygen atoms in total. The third kappa shape index (κ3) is 2.06. The first kappa shape index (κ1) is 13.6. The molecule has 1 atom stereocenters. The van der Waals surface area contributed by atoms with Gasteiger partial charge in [-0.1, -0.05) is 25.1 Å². The van der Waals surface area contributed by atoms with Crippen LogP contribution in [0.3, 0.4) is 0 Å². The highest BCUT2D eigenvalue weighted by atomic mass is 32.1. The zero-order valence-electron chi connectivity index (χ0n) is 12.4. The predicted octanol–water partition coefficient (Wildman–Crippen LogP) is 4.64. The molecule has 1 amide bonds. The van der Waals surface area contributed by atoms with Crippen LogP contribution in [0.25, 0.3) is 11.0 Å². The van der Waals surface area contributed by atoms with Crippen LogP contribution in [0.4, 0.5) is 0 Å². The summed E-state index contributed by atoms with van der Waals surface area (Å²) in [5.74, 6) is 0.443. The van der Waals surface area contributed by atoms with E-state index in [2.05, 4.69) is 18.4 Å². The summed E-state index contributed by atoms with van der Waals surface area (Å²) in [6, 6.07) is 11.9. The summed E-state index contributed by atoms with van der Waals surface area (Å²) in [6.45, 7) is 2.90. The fourth-order valence-electron chi connectivity index (χ4n) is 3.31.